The van der Waals surface area contributed by atoms with Crippen LogP contribution < -0.4 is 0 Å². The summed E-state index contributed by atoms with van der Waals surface area (Å²) < 4.78 is 13.0. The van der Waals surface area contributed by atoms with Crippen LogP contribution in [-0.2, 0) is 35.8 Å². The van der Waals surface area contributed by atoms with Crippen LogP contribution in [0.25, 0.3) is 0 Å². The van der Waals surface area contributed by atoms with Gasteiger partial charge in [0, 0.05) is 7.11 Å². The summed E-state index contributed by atoms with van der Waals surface area (Å²) in [6.45, 7) is -2.66. The molecule has 0 aromatic rings. The standard InChI is InChI=1S/CH3O5PS/c1-2-7(8)5-3-4-6-7/h1H3. The van der Waals surface area contributed by atoms with E-state index >= 15 is 0 Å². The molecule has 0 aromatic heterocycles. The first kappa shape index (κ1) is 6.57. The smallest absolute Gasteiger partial charge is 0.309 e. The highest BCUT2D eigenvalue weighted by atomic mass is 32.5. The second-order valence-electron chi connectivity index (χ2n) is 0.915. The van der Waals surface area contributed by atoms with Crippen LogP contribution in [0.3, 0.4) is 0 Å². The van der Waals surface area contributed by atoms with Crippen molar-refractivity contribution in [3.63, 3.8) is 0 Å². The van der Waals surface area contributed by atoms with E-state index in [1.54, 1.807) is 0 Å². The molecule has 1 saturated heterocycles. The van der Waals surface area contributed by atoms with E-state index in [4.69, 9.17) is 0 Å². The topological polar surface area (TPSA) is 46.2 Å². The summed E-state index contributed by atoms with van der Waals surface area (Å²) in [5.41, 5.74) is 0. The third-order valence-corrected chi connectivity index (χ3v) is 2.24. The van der Waals surface area contributed by atoms with Gasteiger partial charge in [-0.3, -0.25) is 0 Å². The molecule has 0 aromatic carbocycles. The first-order valence-electron chi connectivity index (χ1n) is 1.64. The van der Waals surface area contributed by atoms with Gasteiger partial charge >= 0.3 is 6.72 Å². The van der Waals surface area contributed by atoms with Gasteiger partial charge in [0.15, 0.2) is 0 Å². The minimum absolute atomic E-state index is 1.35. The Labute approximate surface area is 50.5 Å². The van der Waals surface area contributed by atoms with Gasteiger partial charge in [-0.1, -0.05) is 0 Å². The summed E-state index contributed by atoms with van der Waals surface area (Å²) in [5, 5.41) is 7.70. The lowest BCUT2D eigenvalue weighted by atomic mass is 11.8. The molecule has 0 amide bonds. The highest BCUT2D eigenvalue weighted by Gasteiger charge is 2.29. The predicted octanol–water partition coefficient (Wildman–Crippen LogP) is 0.682. The van der Waals surface area contributed by atoms with Crippen LogP contribution in [0.4, 0.5) is 0 Å². The van der Waals surface area contributed by atoms with E-state index in [2.05, 4.69) is 35.8 Å². The van der Waals surface area contributed by atoms with Gasteiger partial charge in [0.05, 0.1) is 0 Å². The van der Waals surface area contributed by atoms with E-state index in [-0.39, 0.29) is 0 Å². The van der Waals surface area contributed by atoms with Gasteiger partial charge in [0.2, 0.25) is 0 Å². The lowest BCUT2D eigenvalue weighted by Gasteiger charge is -1.99. The molecule has 1 fully saturated rings. The van der Waals surface area contributed by atoms with Gasteiger partial charge in [0.25, 0.3) is 0 Å². The van der Waals surface area contributed by atoms with Gasteiger partial charge in [-0.15, -0.1) is 9.35 Å². The second kappa shape index (κ2) is 2.36. The van der Waals surface area contributed by atoms with Crippen LogP contribution in [0.2, 0.25) is 0 Å². The van der Waals surface area contributed by atoms with Gasteiger partial charge in [0.1, 0.15) is 0 Å². The maximum atomic E-state index is 4.56. The molecule has 0 bridgehead atoms. The summed E-state index contributed by atoms with van der Waals surface area (Å²) in [7, 11) is 1.35. The Kier molecular flexibility index (Phi) is 1.94. The maximum Gasteiger partial charge on any atom is 0.389 e. The van der Waals surface area contributed by atoms with Crippen molar-refractivity contribution in [2.75, 3.05) is 7.11 Å². The Bertz CT molecular complexity index is 114. The SMILES string of the molecule is COP1(=S)OOOO1. The number of rotatable bonds is 1. The molecule has 0 unspecified atom stereocenters. The molecule has 1 heterocycles. The molecule has 48 valence electrons. The van der Waals surface area contributed by atoms with E-state index in [0.717, 1.165) is 0 Å². The molecule has 0 radical (unpaired) electrons. The zero-order valence-corrected chi connectivity index (χ0v) is 5.61. The molecule has 7 heteroatoms. The molecule has 1 aliphatic rings. The molecule has 0 N–H and O–H groups in total. The zero-order chi connectivity index (χ0) is 6.04. The van der Waals surface area contributed by atoms with Crippen molar-refractivity contribution in [1.29, 1.82) is 0 Å². The molecule has 0 saturated carbocycles. The van der Waals surface area contributed by atoms with E-state index in [1.165, 1.54) is 7.11 Å². The third kappa shape index (κ3) is 1.24. The Balaban J connectivity index is 2.53. The van der Waals surface area contributed by atoms with Crippen molar-refractivity contribution in [3.05, 3.63) is 0 Å². The molecular weight excluding hydrogens is 155 g/mol. The van der Waals surface area contributed by atoms with Crippen LogP contribution in [0.1, 0.15) is 0 Å². The lowest BCUT2D eigenvalue weighted by molar-refractivity contribution is -0.532. The van der Waals surface area contributed by atoms with Crippen LogP contribution >= 0.6 is 6.72 Å². The molecule has 8 heavy (non-hydrogen) atoms. The van der Waals surface area contributed by atoms with Gasteiger partial charge < -0.3 is 4.52 Å². The minimum Gasteiger partial charge on any atom is -0.309 e. The summed E-state index contributed by atoms with van der Waals surface area (Å²) in [6, 6.07) is 0. The highest BCUT2D eigenvalue weighted by Crippen LogP contribution is 2.53. The minimum atomic E-state index is -2.66. The van der Waals surface area contributed by atoms with Crippen molar-refractivity contribution in [3.8, 4) is 0 Å². The van der Waals surface area contributed by atoms with Crippen molar-refractivity contribution in [1.82, 2.24) is 0 Å². The fraction of sp³-hybridized carbons (Fsp3) is 1.00. The zero-order valence-electron chi connectivity index (χ0n) is 3.90. The average Bonchev–Trinajstić information content (AvgIpc) is 2.17. The van der Waals surface area contributed by atoms with Crippen LogP contribution in [0, 0.1) is 0 Å². The predicted molar refractivity (Wildman–Crippen MR) is 25.6 cm³/mol. The molecule has 1 aliphatic heterocycles. The highest BCUT2D eigenvalue weighted by molar-refractivity contribution is 8.07. The fourth-order valence-electron chi connectivity index (χ4n) is 0.173. The van der Waals surface area contributed by atoms with E-state index in [0.29, 0.717) is 0 Å². The van der Waals surface area contributed by atoms with E-state index < -0.39 is 6.72 Å². The van der Waals surface area contributed by atoms with Gasteiger partial charge in [-0.2, -0.15) is 0 Å². The summed E-state index contributed by atoms with van der Waals surface area (Å²) >= 11 is 4.56. The summed E-state index contributed by atoms with van der Waals surface area (Å²) in [6.07, 6.45) is 0. The van der Waals surface area contributed by atoms with Crippen LogP contribution in [0.15, 0.2) is 0 Å². The molecule has 5 nitrogen and oxygen atoms in total. The first-order chi connectivity index (χ1) is 3.77. The average molecular weight is 158 g/mol. The Morgan fingerprint density at radius 1 is 1.38 bits per heavy atom. The monoisotopic (exact) mass is 158 g/mol. The molecule has 0 aliphatic carbocycles. The maximum absolute atomic E-state index is 4.56. The second-order valence-corrected chi connectivity index (χ2v) is 3.81. The summed E-state index contributed by atoms with van der Waals surface area (Å²) in [4.78, 5) is 0. The Morgan fingerprint density at radius 3 is 2.12 bits per heavy atom. The Hall–Kier alpha value is 0.450. The normalized spacial score (nSPS) is 26.1. The van der Waals surface area contributed by atoms with Gasteiger partial charge in [-0.05, 0) is 21.9 Å². The van der Waals surface area contributed by atoms with Crippen LogP contribution in [-0.4, -0.2) is 7.11 Å². The largest absolute Gasteiger partial charge is 0.389 e. The summed E-state index contributed by atoms with van der Waals surface area (Å²) in [5.74, 6) is 0. The molecule has 0 spiro atoms. The lowest BCUT2D eigenvalue weighted by Crippen LogP contribution is -1.79. The van der Waals surface area contributed by atoms with E-state index in [9.17, 15) is 0 Å². The first-order valence-corrected chi connectivity index (χ1v) is 4.19. The van der Waals surface area contributed by atoms with Crippen LogP contribution in [0.5, 0.6) is 0 Å². The Morgan fingerprint density at radius 2 is 1.88 bits per heavy atom. The number of hydrogen-bond acceptors (Lipinski definition) is 6. The number of hydrogen-bond donors (Lipinski definition) is 0. The van der Waals surface area contributed by atoms with Crippen molar-refractivity contribution in [2.45, 2.75) is 0 Å². The molecule has 0 atom stereocenters. The fourth-order valence-corrected chi connectivity index (χ4v) is 0.667. The van der Waals surface area contributed by atoms with Crippen molar-refractivity contribution in [2.24, 2.45) is 0 Å². The van der Waals surface area contributed by atoms with Crippen molar-refractivity contribution >= 4 is 18.5 Å². The molecular formula is CH3O5PS. The third-order valence-electron chi connectivity index (χ3n) is 0.495. The molecule has 1 rings (SSSR count). The van der Waals surface area contributed by atoms with Gasteiger partial charge in [-0.25, -0.2) is 0 Å². The van der Waals surface area contributed by atoms with Crippen molar-refractivity contribution < 1.29 is 23.9 Å². The van der Waals surface area contributed by atoms with E-state index in [1.807, 2.05) is 0 Å². The quantitative estimate of drug-likeness (QED) is 0.413.